The predicted molar refractivity (Wildman–Crippen MR) is 79.9 cm³/mol. The molecule has 2 atom stereocenters. The topological polar surface area (TPSA) is 66.8 Å². The number of esters is 1. The van der Waals surface area contributed by atoms with E-state index >= 15 is 0 Å². The van der Waals surface area contributed by atoms with Gasteiger partial charge in [0.15, 0.2) is 0 Å². The summed E-state index contributed by atoms with van der Waals surface area (Å²) in [6, 6.07) is 7.26. The Morgan fingerprint density at radius 3 is 2.38 bits per heavy atom. The van der Waals surface area contributed by atoms with Crippen LogP contribution >= 0.6 is 0 Å². The van der Waals surface area contributed by atoms with Crippen LogP contribution in [0.2, 0.25) is 0 Å². The monoisotopic (exact) mass is 293 g/mol. The van der Waals surface area contributed by atoms with Crippen LogP contribution in [0.25, 0.3) is 0 Å². The summed E-state index contributed by atoms with van der Waals surface area (Å²) >= 11 is 0. The van der Waals surface area contributed by atoms with Crippen LogP contribution in [0.5, 0.6) is 0 Å². The van der Waals surface area contributed by atoms with Crippen LogP contribution in [0.1, 0.15) is 29.8 Å². The van der Waals surface area contributed by atoms with Crippen molar-refractivity contribution in [1.82, 2.24) is 4.90 Å². The fourth-order valence-corrected chi connectivity index (χ4v) is 2.15. The van der Waals surface area contributed by atoms with Gasteiger partial charge in [-0.05, 0) is 25.5 Å². The molecule has 1 aromatic carbocycles. The van der Waals surface area contributed by atoms with E-state index in [1.54, 1.807) is 26.0 Å². The third-order valence-corrected chi connectivity index (χ3v) is 3.25. The van der Waals surface area contributed by atoms with E-state index in [4.69, 9.17) is 0 Å². The molecule has 0 saturated heterocycles. The number of methoxy groups -OCH3 is 1. The van der Waals surface area contributed by atoms with Crippen LogP contribution < -0.4 is 0 Å². The molecular weight excluding hydrogens is 270 g/mol. The lowest BCUT2D eigenvalue weighted by atomic mass is 10.1. The highest BCUT2D eigenvalue weighted by Gasteiger charge is 2.24. The molecule has 0 aliphatic heterocycles. The van der Waals surface area contributed by atoms with Gasteiger partial charge in [0.05, 0.1) is 19.1 Å². The standard InChI is InChI=1S/C16H23NO4/c1-11-7-5-6-8-14(11)15(19)17(10-13(3)18)9-12(2)16(20)21-4/h5-8,12-13,18H,9-10H2,1-4H3. The fraction of sp³-hybridized carbons (Fsp3) is 0.500. The van der Waals surface area contributed by atoms with Crippen LogP contribution in [0.15, 0.2) is 24.3 Å². The molecule has 5 nitrogen and oxygen atoms in total. The molecule has 0 saturated carbocycles. The van der Waals surface area contributed by atoms with Crippen molar-refractivity contribution in [3.05, 3.63) is 35.4 Å². The Labute approximate surface area is 125 Å². The van der Waals surface area contributed by atoms with Crippen LogP contribution in [-0.2, 0) is 9.53 Å². The lowest BCUT2D eigenvalue weighted by Gasteiger charge is -2.27. The second-order valence-electron chi connectivity index (χ2n) is 5.30. The van der Waals surface area contributed by atoms with Gasteiger partial charge in [-0.2, -0.15) is 0 Å². The molecule has 0 aromatic heterocycles. The first-order chi connectivity index (χ1) is 9.86. The molecule has 0 spiro atoms. The first kappa shape index (κ1) is 17.2. The summed E-state index contributed by atoms with van der Waals surface area (Å²) in [6.07, 6.45) is -0.664. The van der Waals surface area contributed by atoms with Gasteiger partial charge in [-0.25, -0.2) is 0 Å². The lowest BCUT2D eigenvalue weighted by Crippen LogP contribution is -2.41. The normalized spacial score (nSPS) is 13.4. The molecule has 1 amide bonds. The number of nitrogens with zero attached hydrogens (tertiary/aromatic N) is 1. The largest absolute Gasteiger partial charge is 0.469 e. The number of hydrogen-bond donors (Lipinski definition) is 1. The Morgan fingerprint density at radius 2 is 1.86 bits per heavy atom. The molecule has 0 aliphatic rings. The van der Waals surface area contributed by atoms with Crippen molar-refractivity contribution < 1.29 is 19.4 Å². The van der Waals surface area contributed by atoms with Crippen LogP contribution in [0.3, 0.4) is 0 Å². The van der Waals surface area contributed by atoms with Gasteiger partial charge in [0.25, 0.3) is 5.91 Å². The number of aliphatic hydroxyl groups is 1. The van der Waals surface area contributed by atoms with Crippen molar-refractivity contribution >= 4 is 11.9 Å². The van der Waals surface area contributed by atoms with E-state index in [1.807, 2.05) is 19.1 Å². The minimum Gasteiger partial charge on any atom is -0.469 e. The molecule has 0 heterocycles. The van der Waals surface area contributed by atoms with Gasteiger partial charge in [0.1, 0.15) is 0 Å². The smallest absolute Gasteiger partial charge is 0.310 e. The molecule has 2 unspecified atom stereocenters. The second kappa shape index (κ2) is 7.78. The van der Waals surface area contributed by atoms with E-state index < -0.39 is 12.0 Å². The molecule has 0 bridgehead atoms. The molecule has 0 aliphatic carbocycles. The molecule has 21 heavy (non-hydrogen) atoms. The van der Waals surface area contributed by atoms with Gasteiger partial charge in [0.2, 0.25) is 0 Å². The van der Waals surface area contributed by atoms with Gasteiger partial charge in [-0.3, -0.25) is 9.59 Å². The Hall–Kier alpha value is -1.88. The number of aryl methyl sites for hydroxylation is 1. The third kappa shape index (κ3) is 4.86. The summed E-state index contributed by atoms with van der Waals surface area (Å²) in [5.74, 6) is -1.00. The van der Waals surface area contributed by atoms with Crippen molar-refractivity contribution in [2.24, 2.45) is 5.92 Å². The summed E-state index contributed by atoms with van der Waals surface area (Å²) in [5.41, 5.74) is 1.44. The SMILES string of the molecule is COC(=O)C(C)CN(CC(C)O)C(=O)c1ccccc1C. The predicted octanol–water partition coefficient (Wildman–Crippen LogP) is 1.63. The number of ether oxygens (including phenoxy) is 1. The van der Waals surface area contributed by atoms with Gasteiger partial charge in [-0.15, -0.1) is 0 Å². The molecule has 0 fully saturated rings. The highest BCUT2D eigenvalue weighted by Crippen LogP contribution is 2.13. The minimum atomic E-state index is -0.664. The number of carbonyl (C=O) groups excluding carboxylic acids is 2. The molecule has 5 heteroatoms. The number of carbonyl (C=O) groups is 2. The average Bonchev–Trinajstić information content (AvgIpc) is 2.44. The number of benzene rings is 1. The number of rotatable bonds is 6. The first-order valence-corrected chi connectivity index (χ1v) is 6.97. The van der Waals surface area contributed by atoms with Crippen molar-refractivity contribution in [1.29, 1.82) is 0 Å². The highest BCUT2D eigenvalue weighted by atomic mass is 16.5. The third-order valence-electron chi connectivity index (χ3n) is 3.25. The fourth-order valence-electron chi connectivity index (χ4n) is 2.15. The maximum atomic E-state index is 12.6. The van der Waals surface area contributed by atoms with E-state index in [9.17, 15) is 14.7 Å². The molecule has 1 N–H and O–H groups in total. The first-order valence-electron chi connectivity index (χ1n) is 6.97. The van der Waals surface area contributed by atoms with E-state index in [0.717, 1.165) is 5.56 Å². The summed E-state index contributed by atoms with van der Waals surface area (Å²) < 4.78 is 4.69. The summed E-state index contributed by atoms with van der Waals surface area (Å²) in [6.45, 7) is 5.56. The quantitative estimate of drug-likeness (QED) is 0.810. The Balaban J connectivity index is 2.94. The Bertz CT molecular complexity index is 499. The van der Waals surface area contributed by atoms with E-state index in [1.165, 1.54) is 12.0 Å². The Kier molecular flexibility index (Phi) is 6.37. The van der Waals surface area contributed by atoms with Gasteiger partial charge in [0, 0.05) is 18.7 Å². The second-order valence-corrected chi connectivity index (χ2v) is 5.30. The number of aliphatic hydroxyl groups excluding tert-OH is 1. The number of amides is 1. The number of hydrogen-bond acceptors (Lipinski definition) is 4. The van der Waals surface area contributed by atoms with Crippen molar-refractivity contribution in [3.8, 4) is 0 Å². The summed E-state index contributed by atoms with van der Waals surface area (Å²) in [7, 11) is 1.32. The average molecular weight is 293 g/mol. The zero-order valence-corrected chi connectivity index (χ0v) is 13.0. The minimum absolute atomic E-state index is 0.175. The zero-order chi connectivity index (χ0) is 16.0. The van der Waals surface area contributed by atoms with Crippen LogP contribution in [0, 0.1) is 12.8 Å². The van der Waals surface area contributed by atoms with Crippen molar-refractivity contribution in [2.45, 2.75) is 26.9 Å². The summed E-state index contributed by atoms with van der Waals surface area (Å²) in [5, 5.41) is 9.59. The van der Waals surface area contributed by atoms with Crippen molar-refractivity contribution in [3.63, 3.8) is 0 Å². The lowest BCUT2D eigenvalue weighted by molar-refractivity contribution is -0.145. The highest BCUT2D eigenvalue weighted by molar-refractivity contribution is 5.95. The van der Waals surface area contributed by atoms with Gasteiger partial charge < -0.3 is 14.7 Å². The maximum absolute atomic E-state index is 12.6. The summed E-state index contributed by atoms with van der Waals surface area (Å²) in [4.78, 5) is 25.6. The Morgan fingerprint density at radius 1 is 1.24 bits per heavy atom. The molecular formula is C16H23NO4. The molecule has 1 aromatic rings. The van der Waals surface area contributed by atoms with Gasteiger partial charge >= 0.3 is 5.97 Å². The van der Waals surface area contributed by atoms with Crippen LogP contribution in [-0.4, -0.2) is 48.2 Å². The van der Waals surface area contributed by atoms with Crippen molar-refractivity contribution in [2.75, 3.05) is 20.2 Å². The van der Waals surface area contributed by atoms with E-state index in [2.05, 4.69) is 4.74 Å². The van der Waals surface area contributed by atoms with Gasteiger partial charge in [-0.1, -0.05) is 25.1 Å². The molecule has 1 rings (SSSR count). The van der Waals surface area contributed by atoms with E-state index in [-0.39, 0.29) is 25.0 Å². The zero-order valence-electron chi connectivity index (χ0n) is 13.0. The van der Waals surface area contributed by atoms with E-state index in [0.29, 0.717) is 5.56 Å². The maximum Gasteiger partial charge on any atom is 0.310 e. The van der Waals surface area contributed by atoms with Crippen LogP contribution in [0.4, 0.5) is 0 Å². The molecule has 0 radical (unpaired) electrons. The molecule has 116 valence electrons.